The van der Waals surface area contributed by atoms with E-state index < -0.39 is 11.9 Å². The molecule has 1 aliphatic carbocycles. The molecule has 2 bridgehead atoms. The molecule has 3 unspecified atom stereocenters. The maximum Gasteiger partial charge on any atom is 0.308 e. The topological polar surface area (TPSA) is 75.4 Å². The van der Waals surface area contributed by atoms with Crippen LogP contribution in [0.3, 0.4) is 0 Å². The van der Waals surface area contributed by atoms with Gasteiger partial charge in [0, 0.05) is 25.3 Å². The zero-order valence-electron chi connectivity index (χ0n) is 12.2. The van der Waals surface area contributed by atoms with Gasteiger partial charge in [-0.1, -0.05) is 6.92 Å². The van der Waals surface area contributed by atoms with Crippen LogP contribution in [0.2, 0.25) is 0 Å². The highest BCUT2D eigenvalue weighted by molar-refractivity contribution is 5.93. The Morgan fingerprint density at radius 3 is 2.90 bits per heavy atom. The molecule has 1 amide bonds. The first-order valence-electron chi connectivity index (χ1n) is 7.67. The first kappa shape index (κ1) is 14.1. The summed E-state index contributed by atoms with van der Waals surface area (Å²) in [6, 6.07) is 1.57. The number of piperidine rings is 2. The van der Waals surface area contributed by atoms with Gasteiger partial charge in [0.05, 0.1) is 5.92 Å². The maximum absolute atomic E-state index is 12.8. The zero-order chi connectivity index (χ0) is 15.0. The minimum absolute atomic E-state index is 0.0680. The van der Waals surface area contributed by atoms with E-state index in [1.807, 2.05) is 6.92 Å². The van der Waals surface area contributed by atoms with E-state index in [4.69, 9.17) is 0 Å². The van der Waals surface area contributed by atoms with Crippen molar-refractivity contribution in [2.24, 2.45) is 11.8 Å². The second-order valence-electron chi connectivity index (χ2n) is 6.09. The summed E-state index contributed by atoms with van der Waals surface area (Å²) in [4.78, 5) is 26.0. The van der Waals surface area contributed by atoms with Crippen LogP contribution in [0.15, 0.2) is 12.3 Å². The van der Waals surface area contributed by atoms with Gasteiger partial charge in [-0.3, -0.25) is 14.3 Å². The van der Waals surface area contributed by atoms with Crippen molar-refractivity contribution in [3.8, 4) is 0 Å². The van der Waals surface area contributed by atoms with Gasteiger partial charge in [0.25, 0.3) is 5.91 Å². The van der Waals surface area contributed by atoms with Crippen molar-refractivity contribution in [2.45, 2.75) is 45.2 Å². The number of fused-ring (bicyclic) bond motifs is 3. The van der Waals surface area contributed by atoms with Crippen molar-refractivity contribution >= 4 is 11.9 Å². The van der Waals surface area contributed by atoms with Crippen LogP contribution in [0.25, 0.3) is 0 Å². The third kappa shape index (κ3) is 2.43. The van der Waals surface area contributed by atoms with Crippen molar-refractivity contribution in [1.82, 2.24) is 14.7 Å². The standard InChI is InChI=1S/C15H21N3O3/c1-2-7-18-13(5-6-16-18)14(19)17-9-10-3-4-12(17)11(8-10)15(20)21/h5-6,10-12H,2-4,7-9H2,1H3,(H,20,21). The van der Waals surface area contributed by atoms with Gasteiger partial charge in [-0.2, -0.15) is 5.10 Å². The van der Waals surface area contributed by atoms with E-state index in [2.05, 4.69) is 5.10 Å². The second-order valence-corrected chi connectivity index (χ2v) is 6.09. The zero-order valence-corrected chi connectivity index (χ0v) is 12.2. The average Bonchev–Trinajstić information content (AvgIpc) is 2.95. The molecule has 21 heavy (non-hydrogen) atoms. The summed E-state index contributed by atoms with van der Waals surface area (Å²) in [5.74, 6) is -0.933. The Labute approximate surface area is 123 Å². The molecule has 1 N–H and O–H groups in total. The highest BCUT2D eigenvalue weighted by atomic mass is 16.4. The molecule has 6 nitrogen and oxygen atoms in total. The number of carboxylic acids is 1. The number of carboxylic acid groups (broad SMARTS) is 1. The summed E-state index contributed by atoms with van der Waals surface area (Å²) < 4.78 is 1.72. The Morgan fingerprint density at radius 1 is 1.43 bits per heavy atom. The first-order chi connectivity index (χ1) is 10.1. The molecule has 3 heterocycles. The van der Waals surface area contributed by atoms with E-state index in [1.54, 1.807) is 21.8 Å². The number of nitrogens with zero attached hydrogens (tertiary/aromatic N) is 3. The van der Waals surface area contributed by atoms with Gasteiger partial charge in [-0.05, 0) is 37.7 Å². The second kappa shape index (κ2) is 5.50. The predicted octanol–water partition coefficient (Wildman–Crippen LogP) is 1.62. The molecule has 4 rings (SSSR count). The summed E-state index contributed by atoms with van der Waals surface area (Å²) in [5.41, 5.74) is 0.577. The van der Waals surface area contributed by atoms with Crippen LogP contribution in [0, 0.1) is 11.8 Å². The van der Waals surface area contributed by atoms with E-state index in [-0.39, 0.29) is 11.9 Å². The Kier molecular flexibility index (Phi) is 3.69. The van der Waals surface area contributed by atoms with Gasteiger partial charge in [0.1, 0.15) is 5.69 Å². The molecule has 6 heteroatoms. The first-order valence-corrected chi connectivity index (χ1v) is 7.67. The molecule has 114 valence electrons. The van der Waals surface area contributed by atoms with E-state index in [1.165, 1.54) is 0 Å². The van der Waals surface area contributed by atoms with E-state index >= 15 is 0 Å². The SMILES string of the molecule is CCCn1nccc1C(=O)N1CC2CCC1C(C(=O)O)C2. The number of hydrogen-bond acceptors (Lipinski definition) is 3. The lowest BCUT2D eigenvalue weighted by molar-refractivity contribution is -0.148. The van der Waals surface area contributed by atoms with Crippen LogP contribution in [0.5, 0.6) is 0 Å². The molecule has 0 spiro atoms. The third-order valence-corrected chi connectivity index (χ3v) is 4.73. The van der Waals surface area contributed by atoms with Gasteiger partial charge in [0.15, 0.2) is 0 Å². The molecule has 1 aromatic heterocycles. The molecule has 1 saturated carbocycles. The minimum atomic E-state index is -0.774. The van der Waals surface area contributed by atoms with Crippen molar-refractivity contribution in [3.63, 3.8) is 0 Å². The van der Waals surface area contributed by atoms with Crippen LogP contribution in [-0.2, 0) is 11.3 Å². The molecule has 3 aliphatic rings. The summed E-state index contributed by atoms with van der Waals surface area (Å²) in [7, 11) is 0. The van der Waals surface area contributed by atoms with Crippen LogP contribution < -0.4 is 0 Å². The third-order valence-electron chi connectivity index (χ3n) is 4.73. The fraction of sp³-hybridized carbons (Fsp3) is 0.667. The molecule has 0 aromatic carbocycles. The number of rotatable bonds is 4. The number of amides is 1. The summed E-state index contributed by atoms with van der Waals surface area (Å²) in [5, 5.41) is 13.6. The lowest BCUT2D eigenvalue weighted by Crippen LogP contribution is -2.57. The van der Waals surface area contributed by atoms with Gasteiger partial charge in [-0.25, -0.2) is 0 Å². The minimum Gasteiger partial charge on any atom is -0.481 e. The lowest BCUT2D eigenvalue weighted by atomic mass is 9.72. The highest BCUT2D eigenvalue weighted by Gasteiger charge is 2.46. The van der Waals surface area contributed by atoms with Crippen molar-refractivity contribution in [2.75, 3.05) is 6.54 Å². The molecular weight excluding hydrogens is 270 g/mol. The highest BCUT2D eigenvalue weighted by Crippen LogP contribution is 2.39. The number of aryl methyl sites for hydroxylation is 1. The molecular formula is C15H21N3O3. The molecule has 1 aromatic rings. The Hall–Kier alpha value is -1.85. The quantitative estimate of drug-likeness (QED) is 0.914. The largest absolute Gasteiger partial charge is 0.481 e. The molecule has 3 fully saturated rings. The fourth-order valence-corrected chi connectivity index (χ4v) is 3.74. The van der Waals surface area contributed by atoms with E-state index in [9.17, 15) is 14.7 Å². The molecule has 0 radical (unpaired) electrons. The van der Waals surface area contributed by atoms with Crippen molar-refractivity contribution in [3.05, 3.63) is 18.0 Å². The lowest BCUT2D eigenvalue weighted by Gasteiger charge is -2.48. The summed E-state index contributed by atoms with van der Waals surface area (Å²) >= 11 is 0. The molecule has 2 aliphatic heterocycles. The van der Waals surface area contributed by atoms with Gasteiger partial charge in [0.2, 0.25) is 0 Å². The van der Waals surface area contributed by atoms with Crippen LogP contribution in [-0.4, -0.2) is 44.3 Å². The summed E-state index contributed by atoms with van der Waals surface area (Å²) in [6.45, 7) is 3.43. The van der Waals surface area contributed by atoms with Gasteiger partial charge < -0.3 is 10.0 Å². The normalized spacial score (nSPS) is 27.9. The maximum atomic E-state index is 12.8. The van der Waals surface area contributed by atoms with Gasteiger partial charge in [-0.15, -0.1) is 0 Å². The number of aliphatic carboxylic acids is 1. The smallest absolute Gasteiger partial charge is 0.308 e. The average molecular weight is 291 g/mol. The van der Waals surface area contributed by atoms with Crippen LogP contribution in [0.4, 0.5) is 0 Å². The number of aromatic nitrogens is 2. The fourth-order valence-electron chi connectivity index (χ4n) is 3.74. The predicted molar refractivity (Wildman–Crippen MR) is 75.8 cm³/mol. The van der Waals surface area contributed by atoms with E-state index in [0.29, 0.717) is 31.1 Å². The van der Waals surface area contributed by atoms with Gasteiger partial charge >= 0.3 is 5.97 Å². The molecule has 2 saturated heterocycles. The Morgan fingerprint density at radius 2 is 2.24 bits per heavy atom. The van der Waals surface area contributed by atoms with Crippen LogP contribution >= 0.6 is 0 Å². The Bertz CT molecular complexity index is 554. The number of carbonyl (C=O) groups is 2. The van der Waals surface area contributed by atoms with Crippen LogP contribution in [0.1, 0.15) is 43.1 Å². The monoisotopic (exact) mass is 291 g/mol. The van der Waals surface area contributed by atoms with Crippen molar-refractivity contribution in [1.29, 1.82) is 0 Å². The Balaban J connectivity index is 1.84. The molecule has 3 atom stereocenters. The number of carbonyl (C=O) groups excluding carboxylic acids is 1. The summed E-state index contributed by atoms with van der Waals surface area (Å²) in [6.07, 6.45) is 5.09. The van der Waals surface area contributed by atoms with Crippen molar-refractivity contribution < 1.29 is 14.7 Å². The van der Waals surface area contributed by atoms with E-state index in [0.717, 1.165) is 19.3 Å². The number of hydrogen-bond donors (Lipinski definition) is 1.